The Bertz CT molecular complexity index is 233. The first-order valence-electron chi connectivity index (χ1n) is 4.18. The molecule has 12 heavy (non-hydrogen) atoms. The van der Waals surface area contributed by atoms with Crippen molar-refractivity contribution in [3.8, 4) is 0 Å². The zero-order valence-electron chi connectivity index (χ0n) is 7.70. The van der Waals surface area contributed by atoms with Crippen molar-refractivity contribution in [3.63, 3.8) is 0 Å². The second-order valence-corrected chi connectivity index (χ2v) is 2.47. The summed E-state index contributed by atoms with van der Waals surface area (Å²) in [6.07, 6.45) is 0.687. The molecule has 0 unspecified atom stereocenters. The van der Waals surface area contributed by atoms with Crippen LogP contribution in [-0.4, -0.2) is 0 Å². The largest absolute Gasteiger partial charge is 0.205 e. The number of benzene rings is 1. The molecule has 1 aromatic rings. The number of rotatable bonds is 1. The van der Waals surface area contributed by atoms with Gasteiger partial charge in [-0.1, -0.05) is 44.5 Å². The molecule has 0 aliphatic carbocycles. The third kappa shape index (κ3) is 2.82. The summed E-state index contributed by atoms with van der Waals surface area (Å²) in [4.78, 5) is 0. The minimum atomic E-state index is -0.285. The molecule has 0 atom stereocenters. The number of hydrogen-bond acceptors (Lipinski definition) is 0. The topological polar surface area (TPSA) is 0 Å². The van der Waals surface area contributed by atoms with E-state index < -0.39 is 0 Å². The average molecular weight is 189 g/mol. The highest BCUT2D eigenvalue weighted by molar-refractivity contribution is 6.30. The van der Waals surface area contributed by atoms with Gasteiger partial charge in [0.25, 0.3) is 0 Å². The molecule has 0 amide bonds. The molecule has 1 aromatic carbocycles. The van der Waals surface area contributed by atoms with E-state index in [9.17, 15) is 4.39 Å². The summed E-state index contributed by atoms with van der Waals surface area (Å²) in [5.41, 5.74) is 0.674. The van der Waals surface area contributed by atoms with E-state index in [4.69, 9.17) is 11.6 Å². The van der Waals surface area contributed by atoms with Gasteiger partial charge in [-0.3, -0.25) is 0 Å². The highest BCUT2D eigenvalue weighted by Crippen LogP contribution is 2.17. The highest BCUT2D eigenvalue weighted by Gasteiger charge is 2.02. The third-order valence-corrected chi connectivity index (χ3v) is 1.70. The molecule has 1 rings (SSSR count). The maximum absolute atomic E-state index is 12.9. The Labute approximate surface area is 78.4 Å². The van der Waals surface area contributed by atoms with E-state index >= 15 is 0 Å². The Morgan fingerprint density at radius 2 is 1.92 bits per heavy atom. The lowest BCUT2D eigenvalue weighted by Crippen LogP contribution is -1.86. The van der Waals surface area contributed by atoms with Crippen molar-refractivity contribution in [2.75, 3.05) is 0 Å². The van der Waals surface area contributed by atoms with Gasteiger partial charge in [-0.25, -0.2) is 4.39 Å². The van der Waals surface area contributed by atoms with Crippen LogP contribution >= 0.6 is 11.6 Å². The summed E-state index contributed by atoms with van der Waals surface area (Å²) in [7, 11) is 0. The molecule has 0 aliphatic heterocycles. The zero-order valence-corrected chi connectivity index (χ0v) is 8.45. The molecule has 0 nitrogen and oxygen atoms in total. The summed E-state index contributed by atoms with van der Waals surface area (Å²) >= 11 is 5.52. The maximum atomic E-state index is 12.9. The quantitative estimate of drug-likeness (QED) is 0.624. The summed E-state index contributed by atoms with van der Waals surface area (Å²) in [5.74, 6) is -0.285. The van der Waals surface area contributed by atoms with Crippen molar-refractivity contribution in [2.24, 2.45) is 0 Å². The lowest BCUT2D eigenvalue weighted by molar-refractivity contribution is 0.612. The molecule has 0 bridgehead atoms. The van der Waals surface area contributed by atoms with Gasteiger partial charge in [0.15, 0.2) is 0 Å². The first kappa shape index (κ1) is 11.4. The first-order valence-corrected chi connectivity index (χ1v) is 4.56. The molecule has 0 radical (unpaired) electrons. The van der Waals surface area contributed by atoms with Crippen molar-refractivity contribution in [3.05, 3.63) is 34.6 Å². The van der Waals surface area contributed by atoms with Crippen LogP contribution in [0.15, 0.2) is 18.2 Å². The van der Waals surface area contributed by atoms with Gasteiger partial charge in [0.05, 0.1) is 5.02 Å². The van der Waals surface area contributed by atoms with Crippen LogP contribution in [0.5, 0.6) is 0 Å². The van der Waals surface area contributed by atoms with Gasteiger partial charge in [0.2, 0.25) is 0 Å². The molecular weight excluding hydrogens is 175 g/mol. The first-order chi connectivity index (χ1) is 5.75. The van der Waals surface area contributed by atoms with E-state index in [-0.39, 0.29) is 10.8 Å². The molecule has 0 heterocycles. The summed E-state index contributed by atoms with van der Waals surface area (Å²) in [6, 6.07) is 5.04. The van der Waals surface area contributed by atoms with Gasteiger partial charge in [-0.2, -0.15) is 0 Å². The van der Waals surface area contributed by atoms with Crippen molar-refractivity contribution >= 4 is 11.6 Å². The van der Waals surface area contributed by atoms with Crippen molar-refractivity contribution in [1.82, 2.24) is 0 Å². The fraction of sp³-hybridized carbons (Fsp3) is 0.400. The monoisotopic (exact) mass is 188 g/mol. The van der Waals surface area contributed by atoms with Crippen LogP contribution in [0.1, 0.15) is 26.3 Å². The molecular formula is C10H14ClF. The second-order valence-electron chi connectivity index (χ2n) is 2.07. The lowest BCUT2D eigenvalue weighted by atomic mass is 10.2. The van der Waals surface area contributed by atoms with Crippen LogP contribution in [0.3, 0.4) is 0 Å². The van der Waals surface area contributed by atoms with Gasteiger partial charge < -0.3 is 0 Å². The number of aryl methyl sites for hydroxylation is 1. The molecule has 0 saturated carbocycles. The van der Waals surface area contributed by atoms with Gasteiger partial charge >= 0.3 is 0 Å². The van der Waals surface area contributed by atoms with Gasteiger partial charge in [0, 0.05) is 0 Å². The standard InChI is InChI=1S/C8H8ClF.C2H6/c1-2-6-4-3-5-7(9)8(6)10;1-2/h3-5H,2H2,1H3;1-2H3. The lowest BCUT2D eigenvalue weighted by Gasteiger charge is -1.98. The summed E-state index contributed by atoms with van der Waals surface area (Å²) in [5, 5.41) is 0.208. The fourth-order valence-corrected chi connectivity index (χ4v) is 1.02. The van der Waals surface area contributed by atoms with Crippen LogP contribution in [0.4, 0.5) is 4.39 Å². The summed E-state index contributed by atoms with van der Waals surface area (Å²) in [6.45, 7) is 5.90. The van der Waals surface area contributed by atoms with Gasteiger partial charge in [0.1, 0.15) is 5.82 Å². The molecule has 0 spiro atoms. The SMILES string of the molecule is CC.CCc1cccc(Cl)c1F. The van der Waals surface area contributed by atoms with E-state index in [0.717, 1.165) is 0 Å². The van der Waals surface area contributed by atoms with Crippen molar-refractivity contribution in [1.29, 1.82) is 0 Å². The molecule has 0 N–H and O–H groups in total. The van der Waals surface area contributed by atoms with E-state index in [1.54, 1.807) is 18.2 Å². The molecule has 0 fully saturated rings. The van der Waals surface area contributed by atoms with Crippen molar-refractivity contribution in [2.45, 2.75) is 27.2 Å². The van der Waals surface area contributed by atoms with Gasteiger partial charge in [-0.05, 0) is 18.1 Å². The van der Waals surface area contributed by atoms with E-state index in [2.05, 4.69) is 0 Å². The molecule has 2 heteroatoms. The zero-order chi connectivity index (χ0) is 9.56. The van der Waals surface area contributed by atoms with Crippen LogP contribution in [-0.2, 0) is 6.42 Å². The Balaban J connectivity index is 0.000000561. The van der Waals surface area contributed by atoms with Crippen LogP contribution < -0.4 is 0 Å². The Hall–Kier alpha value is -0.560. The Kier molecular flexibility index (Phi) is 5.73. The van der Waals surface area contributed by atoms with Gasteiger partial charge in [-0.15, -0.1) is 0 Å². The second kappa shape index (κ2) is 6.01. The van der Waals surface area contributed by atoms with E-state index in [1.807, 2.05) is 20.8 Å². The fourth-order valence-electron chi connectivity index (χ4n) is 0.822. The minimum Gasteiger partial charge on any atom is -0.205 e. The predicted molar refractivity (Wildman–Crippen MR) is 52.1 cm³/mol. The third-order valence-electron chi connectivity index (χ3n) is 1.41. The predicted octanol–water partition coefficient (Wildman–Crippen LogP) is 4.07. The highest BCUT2D eigenvalue weighted by atomic mass is 35.5. The minimum absolute atomic E-state index is 0.208. The van der Waals surface area contributed by atoms with Crippen LogP contribution in [0.25, 0.3) is 0 Å². The molecule has 0 aliphatic rings. The Morgan fingerprint density at radius 1 is 1.33 bits per heavy atom. The van der Waals surface area contributed by atoms with Crippen LogP contribution in [0.2, 0.25) is 5.02 Å². The van der Waals surface area contributed by atoms with E-state index in [0.29, 0.717) is 12.0 Å². The number of halogens is 2. The Morgan fingerprint density at radius 3 is 2.33 bits per heavy atom. The smallest absolute Gasteiger partial charge is 0.144 e. The molecule has 0 saturated heterocycles. The molecule has 0 aromatic heterocycles. The number of hydrogen-bond donors (Lipinski definition) is 0. The van der Waals surface area contributed by atoms with E-state index in [1.165, 1.54) is 0 Å². The molecule has 68 valence electrons. The maximum Gasteiger partial charge on any atom is 0.144 e. The van der Waals surface area contributed by atoms with Crippen molar-refractivity contribution < 1.29 is 4.39 Å². The average Bonchev–Trinajstić information content (AvgIpc) is 2.13. The van der Waals surface area contributed by atoms with Crippen LogP contribution in [0, 0.1) is 5.82 Å². The summed E-state index contributed by atoms with van der Waals surface area (Å²) < 4.78 is 12.9. The normalized spacial score (nSPS) is 8.75.